The second-order valence-electron chi connectivity index (χ2n) is 7.22. The number of carbonyl (C=O) groups is 1. The molecule has 0 amide bonds. The van der Waals surface area contributed by atoms with Crippen LogP contribution in [-0.4, -0.2) is 36.3 Å². The van der Waals surface area contributed by atoms with Crippen molar-refractivity contribution in [1.29, 1.82) is 0 Å². The van der Waals surface area contributed by atoms with Crippen LogP contribution in [0.4, 0.5) is 10.1 Å². The van der Waals surface area contributed by atoms with Crippen LogP contribution in [0.2, 0.25) is 0 Å². The number of aromatic carboxylic acids is 1. The number of carbonyl (C=O) groups excluding carboxylic acids is 1. The maximum atomic E-state index is 14.8. The van der Waals surface area contributed by atoms with Gasteiger partial charge in [-0.3, -0.25) is 4.79 Å². The first-order valence-electron chi connectivity index (χ1n) is 9.17. The van der Waals surface area contributed by atoms with Gasteiger partial charge in [0.25, 0.3) is 0 Å². The van der Waals surface area contributed by atoms with Crippen LogP contribution in [0, 0.1) is 5.82 Å². The van der Waals surface area contributed by atoms with E-state index in [1.807, 2.05) is 11.8 Å². The number of quaternary nitrogens is 1. The summed E-state index contributed by atoms with van der Waals surface area (Å²) in [5.74, 6) is -2.02. The van der Waals surface area contributed by atoms with Crippen LogP contribution in [-0.2, 0) is 6.54 Å². The van der Waals surface area contributed by atoms with Crippen molar-refractivity contribution in [2.24, 2.45) is 0 Å². The van der Waals surface area contributed by atoms with E-state index in [-0.39, 0.29) is 5.39 Å². The fraction of sp³-hybridized carbons (Fsp3) is 0.474. The lowest BCUT2D eigenvalue weighted by molar-refractivity contribution is -0.915. The van der Waals surface area contributed by atoms with Crippen molar-refractivity contribution < 1.29 is 19.2 Å². The molecule has 1 unspecified atom stereocenters. The highest BCUT2D eigenvalue weighted by atomic mass is 19.1. The Morgan fingerprint density at radius 2 is 2.19 bits per heavy atom. The van der Waals surface area contributed by atoms with E-state index < -0.39 is 22.8 Å². The van der Waals surface area contributed by atoms with E-state index in [0.29, 0.717) is 23.8 Å². The molecule has 4 rings (SSSR count). The summed E-state index contributed by atoms with van der Waals surface area (Å²) in [6, 6.07) is 3.54. The zero-order valence-corrected chi connectivity index (χ0v) is 14.8. The fourth-order valence-corrected chi connectivity index (χ4v) is 4.43. The first-order valence-corrected chi connectivity index (χ1v) is 9.17. The van der Waals surface area contributed by atoms with Crippen molar-refractivity contribution >= 4 is 22.6 Å². The average molecular weight is 359 g/mol. The summed E-state index contributed by atoms with van der Waals surface area (Å²) in [7, 11) is 0. The molecule has 1 aromatic carbocycles. The van der Waals surface area contributed by atoms with Gasteiger partial charge in [-0.15, -0.1) is 0 Å². The second-order valence-corrected chi connectivity index (χ2v) is 7.22. The lowest BCUT2D eigenvalue weighted by Crippen LogP contribution is -3.16. The number of carboxylic acid groups (broad SMARTS) is 1. The normalized spacial score (nSPS) is 22.6. The minimum absolute atomic E-state index is 0.0817. The quantitative estimate of drug-likeness (QED) is 0.820. The lowest BCUT2D eigenvalue weighted by Gasteiger charge is -2.36. The smallest absolute Gasteiger partial charge is 0.198 e. The summed E-state index contributed by atoms with van der Waals surface area (Å²) in [6.45, 7) is 5.00. The number of nitrogens with zero attached hydrogens (tertiary/aromatic N) is 2. The number of benzene rings is 1. The van der Waals surface area contributed by atoms with Crippen LogP contribution in [0.3, 0.4) is 0 Å². The summed E-state index contributed by atoms with van der Waals surface area (Å²) >= 11 is 0. The molecule has 7 heteroatoms. The molecular formula is C19H22FN3O3. The number of aryl methyl sites for hydroxylation is 1. The van der Waals surface area contributed by atoms with Gasteiger partial charge in [-0.2, -0.15) is 0 Å². The molecule has 2 aliphatic rings. The number of pyridine rings is 1. The van der Waals surface area contributed by atoms with Gasteiger partial charge in [0.05, 0.1) is 35.3 Å². The highest BCUT2D eigenvalue weighted by Crippen LogP contribution is 2.26. The zero-order chi connectivity index (χ0) is 18.4. The van der Waals surface area contributed by atoms with Crippen molar-refractivity contribution in [3.05, 3.63) is 39.9 Å². The van der Waals surface area contributed by atoms with Gasteiger partial charge in [-0.05, 0) is 19.1 Å². The summed E-state index contributed by atoms with van der Waals surface area (Å²) in [6.07, 6.45) is 4.79. The topological polar surface area (TPSA) is 69.8 Å². The van der Waals surface area contributed by atoms with Gasteiger partial charge in [-0.1, -0.05) is 0 Å². The van der Waals surface area contributed by atoms with Gasteiger partial charge in [0.1, 0.15) is 5.82 Å². The van der Waals surface area contributed by atoms with E-state index in [1.54, 1.807) is 10.6 Å². The Bertz CT molecular complexity index is 940. The minimum Gasteiger partial charge on any atom is -0.545 e. The van der Waals surface area contributed by atoms with E-state index >= 15 is 0 Å². The first-order chi connectivity index (χ1) is 12.5. The molecule has 0 bridgehead atoms. The number of carboxylic acids is 1. The van der Waals surface area contributed by atoms with Gasteiger partial charge in [0.15, 0.2) is 12.1 Å². The van der Waals surface area contributed by atoms with E-state index in [9.17, 15) is 19.1 Å². The predicted octanol–water partition coefficient (Wildman–Crippen LogP) is -0.261. The molecule has 2 aromatic rings. The number of nitrogens with one attached hydrogen (secondary N) is 1. The third kappa shape index (κ3) is 2.67. The van der Waals surface area contributed by atoms with Crippen LogP contribution in [0.1, 0.15) is 36.5 Å². The van der Waals surface area contributed by atoms with Gasteiger partial charge in [-0.25, -0.2) is 4.39 Å². The Balaban J connectivity index is 1.82. The predicted molar refractivity (Wildman–Crippen MR) is 93.9 cm³/mol. The molecule has 2 aliphatic heterocycles. The lowest BCUT2D eigenvalue weighted by atomic mass is 10.1. The molecule has 0 aliphatic carbocycles. The van der Waals surface area contributed by atoms with E-state index in [0.717, 1.165) is 26.2 Å². The molecule has 138 valence electrons. The average Bonchev–Trinajstić information content (AvgIpc) is 3.09. The molecule has 1 N–H and O–H groups in total. The number of hydrogen-bond acceptors (Lipinski definition) is 4. The number of anilines is 1. The van der Waals surface area contributed by atoms with Crippen LogP contribution in [0.5, 0.6) is 0 Å². The molecule has 0 spiro atoms. The number of fused-ring (bicyclic) bond motifs is 2. The summed E-state index contributed by atoms with van der Waals surface area (Å²) < 4.78 is 16.5. The molecule has 3 heterocycles. The highest BCUT2D eigenvalue weighted by Gasteiger charge is 2.35. The second kappa shape index (κ2) is 6.39. The van der Waals surface area contributed by atoms with Gasteiger partial charge in [0, 0.05) is 43.9 Å². The SMILES string of the molecule is CCn1cc(C(=O)[O-])c(=O)c2cc(F)c(N3CC[C@H]4CCC[NH+]4C3)cc21. The number of aromatic nitrogens is 1. The molecule has 0 saturated carbocycles. The fourth-order valence-electron chi connectivity index (χ4n) is 4.43. The molecule has 2 fully saturated rings. The maximum absolute atomic E-state index is 14.8. The Kier molecular flexibility index (Phi) is 4.19. The summed E-state index contributed by atoms with van der Waals surface area (Å²) in [5, 5.41) is 11.3. The monoisotopic (exact) mass is 359 g/mol. The van der Waals surface area contributed by atoms with Crippen molar-refractivity contribution in [3.63, 3.8) is 0 Å². The van der Waals surface area contributed by atoms with E-state index in [2.05, 4.69) is 0 Å². The Hall–Kier alpha value is -2.41. The highest BCUT2D eigenvalue weighted by molar-refractivity contribution is 5.92. The molecule has 2 atom stereocenters. The van der Waals surface area contributed by atoms with Gasteiger partial charge >= 0.3 is 0 Å². The third-order valence-corrected chi connectivity index (χ3v) is 5.82. The molecule has 0 radical (unpaired) electrons. The van der Waals surface area contributed by atoms with Crippen LogP contribution >= 0.6 is 0 Å². The summed E-state index contributed by atoms with van der Waals surface area (Å²) in [4.78, 5) is 27.2. The Morgan fingerprint density at radius 1 is 1.38 bits per heavy atom. The molecule has 2 saturated heterocycles. The van der Waals surface area contributed by atoms with Crippen molar-refractivity contribution in [2.75, 3.05) is 24.7 Å². The summed E-state index contributed by atoms with van der Waals surface area (Å²) in [5.41, 5.74) is -0.0940. The van der Waals surface area contributed by atoms with Gasteiger partial charge in [0.2, 0.25) is 0 Å². The molecule has 1 aromatic heterocycles. The van der Waals surface area contributed by atoms with Crippen molar-refractivity contribution in [3.8, 4) is 0 Å². The van der Waals surface area contributed by atoms with Crippen molar-refractivity contribution in [1.82, 2.24) is 4.57 Å². The molecular weight excluding hydrogens is 337 g/mol. The van der Waals surface area contributed by atoms with Crippen LogP contribution < -0.4 is 20.3 Å². The third-order valence-electron chi connectivity index (χ3n) is 5.82. The number of halogens is 1. The standard InChI is InChI=1S/C19H22FN3O3/c1-2-21-10-14(19(25)26)18(24)13-8-15(20)17(9-16(13)21)23-7-5-12-4-3-6-22(12)11-23/h8-10,12H,2-7,11H2,1H3,(H,25,26)/t12-/m1/s1. The number of hydrogen-bond donors (Lipinski definition) is 1. The van der Waals surface area contributed by atoms with E-state index in [4.69, 9.17) is 0 Å². The van der Waals surface area contributed by atoms with Crippen LogP contribution in [0.15, 0.2) is 23.1 Å². The Morgan fingerprint density at radius 3 is 2.92 bits per heavy atom. The largest absolute Gasteiger partial charge is 0.545 e. The Labute approximate surface area is 150 Å². The van der Waals surface area contributed by atoms with Gasteiger partial charge < -0.3 is 24.3 Å². The van der Waals surface area contributed by atoms with E-state index in [1.165, 1.54) is 30.0 Å². The van der Waals surface area contributed by atoms with Crippen molar-refractivity contribution in [2.45, 2.75) is 38.8 Å². The number of rotatable bonds is 3. The zero-order valence-electron chi connectivity index (χ0n) is 14.8. The first kappa shape index (κ1) is 17.0. The van der Waals surface area contributed by atoms with Crippen LogP contribution in [0.25, 0.3) is 10.9 Å². The molecule has 6 nitrogen and oxygen atoms in total. The minimum atomic E-state index is -1.54. The molecule has 26 heavy (non-hydrogen) atoms. The maximum Gasteiger partial charge on any atom is 0.198 e.